The number of hydrogen-bond donors (Lipinski definition) is 9. The SMILES string of the molecule is CCn1c(CNC(=O)c2nc(Cl)cnc2N)[n+](CC)c2ccc(C(=O)N(C)CCN3CCOCC3)cc21.CCn1c(CNC(=O)c2nc(Cl)cnc2N)[n+](CC)c2ccc(C(=O)N(C)CCNC)cc21.CCn1c(CNC(=O)c2nc(Cl)cnc2N)[n+](CC)c2ccc(C(=O)N(CCN)CCN)cc21.[Cl-]. The lowest BCUT2D eigenvalue weighted by Crippen LogP contribution is -3.00. The second-order valence-corrected chi connectivity index (χ2v) is 25.2. The van der Waals surface area contributed by atoms with E-state index in [1.165, 1.54) is 18.6 Å². The van der Waals surface area contributed by atoms with E-state index in [4.69, 9.17) is 68.2 Å². The molecule has 14 N–H and O–H groups in total. The molecule has 36 heteroatoms. The van der Waals surface area contributed by atoms with E-state index in [1.807, 2.05) is 110 Å². The van der Waals surface area contributed by atoms with E-state index in [0.29, 0.717) is 95.2 Å². The maximum absolute atomic E-state index is 13.2. The van der Waals surface area contributed by atoms with Crippen LogP contribution in [0.2, 0.25) is 15.5 Å². The number of rotatable bonds is 28. The Bertz CT molecular complexity index is 4560. The average molecular weight is 1530 g/mol. The highest BCUT2D eigenvalue weighted by atomic mass is 35.5. The number of nitrogens with zero attached hydrogens (tertiary/aromatic N) is 16. The Labute approximate surface area is 630 Å². The van der Waals surface area contributed by atoms with Gasteiger partial charge in [-0.3, -0.25) is 33.7 Å². The van der Waals surface area contributed by atoms with Crippen molar-refractivity contribution in [2.75, 3.05) is 117 Å². The Morgan fingerprint density at radius 2 is 0.848 bits per heavy atom. The van der Waals surface area contributed by atoms with Crippen LogP contribution in [0.1, 0.15) is 122 Å². The normalized spacial score (nSPS) is 12.1. The summed E-state index contributed by atoms with van der Waals surface area (Å²) in [6.07, 6.45) is 3.88. The highest BCUT2D eigenvalue weighted by Crippen LogP contribution is 2.24. The third kappa shape index (κ3) is 19.7. The predicted octanol–water partition coefficient (Wildman–Crippen LogP) is -0.168. The van der Waals surface area contributed by atoms with Crippen LogP contribution in [0.25, 0.3) is 33.1 Å². The van der Waals surface area contributed by atoms with Crippen molar-refractivity contribution >= 4 is 121 Å². The molecule has 564 valence electrons. The smallest absolute Gasteiger partial charge is 0.277 e. The molecule has 9 aromatic rings. The van der Waals surface area contributed by atoms with Gasteiger partial charge >= 0.3 is 0 Å². The number of aryl methyl sites for hydroxylation is 6. The van der Waals surface area contributed by atoms with Crippen molar-refractivity contribution in [2.45, 2.75) is 100 Å². The topological polar surface area (TPSA) is 407 Å². The Morgan fingerprint density at radius 1 is 0.514 bits per heavy atom. The first-order valence-corrected chi connectivity index (χ1v) is 35.6. The summed E-state index contributed by atoms with van der Waals surface area (Å²) in [7, 11) is 5.49. The Morgan fingerprint density at radius 3 is 1.16 bits per heavy atom. The third-order valence-corrected chi connectivity index (χ3v) is 18.2. The van der Waals surface area contributed by atoms with Gasteiger partial charge in [-0.25, -0.2) is 57.3 Å². The van der Waals surface area contributed by atoms with Gasteiger partial charge in [-0.1, -0.05) is 34.8 Å². The molecule has 1 fully saturated rings. The lowest BCUT2D eigenvalue weighted by molar-refractivity contribution is -0.676. The standard InChI is InChI=1S/C25H33ClN8O3.C22H30ClN9O2.C22H29ClN8O2.ClH/c1-4-33-18-7-6-17(25(36)31(3)8-9-32-10-12-37-13-11-32)14-19(18)34(5-2)21(33)16-29-24(35)22-23(27)28-15-20(26)30-22;1-3-31-15-6-5-14(22(34)30(9-7-24)10-8-25)11-16(15)32(4-2)18(31)13-28-21(33)19-20(26)27-12-17(23)29-19;1-5-30-15-8-7-14(22(33)29(4)10-9-25-3)11-16(15)31(6-2)18(30)13-27-21(32)19-20(24)26-12-17(23)28-19;/h6-7,14-15H,4-5,8-13,16H2,1-3H3,(H2-,27,28,29,35);5-6,11-12H,3-4,7-10,13,24-25H2,1-2H3,(H2-,26,27,28,33);7-8,11-12,25H,5-6,9-10,13H2,1-4H3,(H2-,24,26,27,32);1H/p+2. The number of fused-ring (bicyclic) bond motifs is 3. The van der Waals surface area contributed by atoms with Gasteiger partial charge < -0.3 is 81.8 Å². The highest BCUT2D eigenvalue weighted by Gasteiger charge is 2.31. The number of aromatic nitrogens is 12. The molecule has 1 aliphatic heterocycles. The zero-order valence-electron chi connectivity index (χ0n) is 60.7. The minimum Gasteiger partial charge on any atom is -1.00 e. The van der Waals surface area contributed by atoms with Gasteiger partial charge in [0.15, 0.2) is 67.6 Å². The van der Waals surface area contributed by atoms with Crippen LogP contribution in [-0.2, 0) is 63.6 Å². The number of halogens is 4. The number of imidazole rings is 3. The molecule has 1 saturated heterocycles. The second kappa shape index (κ2) is 39.0. The quantitative estimate of drug-likeness (QED) is 0.0288. The van der Waals surface area contributed by atoms with Crippen molar-refractivity contribution < 1.29 is 59.6 Å². The Hall–Kier alpha value is -9.51. The van der Waals surface area contributed by atoms with Gasteiger partial charge in [0, 0.05) is 114 Å². The van der Waals surface area contributed by atoms with Crippen LogP contribution in [0.5, 0.6) is 0 Å². The number of carbonyl (C=O) groups is 6. The number of nitrogens with one attached hydrogen (secondary N) is 4. The zero-order chi connectivity index (χ0) is 75.5. The lowest BCUT2D eigenvalue weighted by atomic mass is 10.1. The molecule has 0 aliphatic carbocycles. The molecule has 10 rings (SSSR count). The van der Waals surface area contributed by atoms with Crippen molar-refractivity contribution in [3.63, 3.8) is 0 Å². The number of nitrogens with two attached hydrogens (primary N) is 5. The molecular weight excluding hydrogens is 1430 g/mol. The third-order valence-electron chi connectivity index (χ3n) is 17.7. The number of hydrogen-bond acceptors (Lipinski definition) is 20. The van der Waals surface area contributed by atoms with Crippen LogP contribution < -0.4 is 76.0 Å². The second-order valence-electron chi connectivity index (χ2n) is 24.0. The van der Waals surface area contributed by atoms with Gasteiger partial charge in [0.1, 0.15) is 35.1 Å². The van der Waals surface area contributed by atoms with Gasteiger partial charge in [0.05, 0.1) is 71.1 Å². The molecule has 0 spiro atoms. The van der Waals surface area contributed by atoms with Crippen molar-refractivity contribution in [1.29, 1.82) is 0 Å². The summed E-state index contributed by atoms with van der Waals surface area (Å²) in [5.74, 6) is 1.13. The van der Waals surface area contributed by atoms with E-state index in [1.54, 1.807) is 21.7 Å². The highest BCUT2D eigenvalue weighted by molar-refractivity contribution is 6.30. The van der Waals surface area contributed by atoms with Crippen molar-refractivity contribution in [3.05, 3.63) is 140 Å². The molecule has 3 aromatic carbocycles. The number of nitrogen functional groups attached to an aromatic ring is 3. The molecule has 32 nitrogen and oxygen atoms in total. The summed E-state index contributed by atoms with van der Waals surface area (Å²) in [6.45, 7) is 24.6. The maximum Gasteiger partial charge on any atom is 0.277 e. The molecule has 7 heterocycles. The molecule has 0 unspecified atom stereocenters. The van der Waals surface area contributed by atoms with Crippen LogP contribution in [0, 0.1) is 0 Å². The van der Waals surface area contributed by atoms with E-state index in [0.717, 1.165) is 90.0 Å². The first kappa shape index (κ1) is 82.8. The van der Waals surface area contributed by atoms with E-state index in [9.17, 15) is 28.8 Å². The number of carbonyl (C=O) groups excluding carboxylic acids is 6. The van der Waals surface area contributed by atoms with Gasteiger partial charge in [-0.2, -0.15) is 0 Å². The maximum atomic E-state index is 13.2. The van der Waals surface area contributed by atoms with Crippen molar-refractivity contribution in [1.82, 2.24) is 84.5 Å². The van der Waals surface area contributed by atoms with Gasteiger partial charge in [0.2, 0.25) is 0 Å². The number of ether oxygens (including phenoxy) is 1. The first-order valence-electron chi connectivity index (χ1n) is 34.5. The monoisotopic (exact) mass is 1530 g/mol. The first-order chi connectivity index (χ1) is 50.0. The Kier molecular flexibility index (Phi) is 30.8. The molecule has 0 saturated carbocycles. The van der Waals surface area contributed by atoms with Gasteiger partial charge in [-0.05, 0) is 85.0 Å². The largest absolute Gasteiger partial charge is 1.00 e. The van der Waals surface area contributed by atoms with E-state index in [2.05, 4.69) is 83.5 Å². The van der Waals surface area contributed by atoms with E-state index in [-0.39, 0.29) is 99.8 Å². The number of benzene rings is 3. The number of anilines is 3. The van der Waals surface area contributed by atoms with Crippen LogP contribution in [0.15, 0.2) is 73.2 Å². The molecule has 0 atom stereocenters. The fourth-order valence-corrected chi connectivity index (χ4v) is 12.9. The van der Waals surface area contributed by atoms with E-state index >= 15 is 0 Å². The van der Waals surface area contributed by atoms with Crippen LogP contribution in [0.4, 0.5) is 17.5 Å². The lowest BCUT2D eigenvalue weighted by Gasteiger charge is -2.28. The van der Waals surface area contributed by atoms with Crippen molar-refractivity contribution in [2.24, 2.45) is 11.5 Å². The molecule has 0 radical (unpaired) electrons. The summed E-state index contributed by atoms with van der Waals surface area (Å²) >= 11 is 17.6. The summed E-state index contributed by atoms with van der Waals surface area (Å²) in [4.78, 5) is 108. The van der Waals surface area contributed by atoms with Gasteiger partial charge in [-0.15, -0.1) is 0 Å². The van der Waals surface area contributed by atoms with Crippen LogP contribution in [-0.4, -0.2) is 198 Å². The molecular formula is C69H95Cl4N25O7+2. The predicted molar refractivity (Wildman–Crippen MR) is 397 cm³/mol. The molecule has 0 bridgehead atoms. The fourth-order valence-electron chi connectivity index (χ4n) is 12.5. The molecule has 105 heavy (non-hydrogen) atoms. The minimum atomic E-state index is -0.474. The van der Waals surface area contributed by atoms with Crippen molar-refractivity contribution in [3.8, 4) is 0 Å². The zero-order valence-corrected chi connectivity index (χ0v) is 63.7. The summed E-state index contributed by atoms with van der Waals surface area (Å²) in [5, 5.41) is 11.9. The number of likely N-dealkylation sites (N-methyl/N-ethyl adjacent to an activating group) is 3. The van der Waals surface area contributed by atoms with E-state index < -0.39 is 17.7 Å². The molecule has 1 aliphatic rings. The van der Waals surface area contributed by atoms with Gasteiger partial charge in [0.25, 0.3) is 52.9 Å². The number of amides is 6. The fraction of sp³-hybridized carbons (Fsp3) is 0.435. The minimum absolute atomic E-state index is 0. The van der Waals surface area contributed by atoms with Crippen LogP contribution >= 0.6 is 34.8 Å². The summed E-state index contributed by atoms with van der Waals surface area (Å²) in [6, 6.07) is 17.1. The van der Waals surface area contributed by atoms with Crippen LogP contribution in [0.3, 0.4) is 0 Å². The average Bonchev–Trinajstić information content (AvgIpc) is 1.63. The molecule has 6 amide bonds. The summed E-state index contributed by atoms with van der Waals surface area (Å²) < 4.78 is 18.0. The summed E-state index contributed by atoms with van der Waals surface area (Å²) in [5.41, 5.74) is 36.2. The number of morpholine rings is 1. The Balaban J connectivity index is 0.000000219. The molecule has 6 aromatic heterocycles.